The number of hydrogen-bond donors (Lipinski definition) is 1. The van der Waals surface area contributed by atoms with Crippen molar-refractivity contribution in [3.8, 4) is 11.1 Å². The second kappa shape index (κ2) is 7.34. The Morgan fingerprint density at radius 1 is 1.05 bits per heavy atom. The minimum absolute atomic E-state index is 0. The Morgan fingerprint density at radius 3 is 1.95 bits per heavy atom. The van der Waals surface area contributed by atoms with E-state index in [9.17, 15) is 9.90 Å². The van der Waals surface area contributed by atoms with E-state index in [1.165, 1.54) is 17.2 Å². The maximum Gasteiger partial charge on any atom is 1.00 e. The minimum Gasteiger partial charge on any atom is -0.545 e. The van der Waals surface area contributed by atoms with Gasteiger partial charge >= 0.3 is 29.6 Å². The average molecular weight is 263 g/mol. The molecule has 1 aromatic carbocycles. The van der Waals surface area contributed by atoms with Gasteiger partial charge in [0, 0.05) is 17.8 Å². The van der Waals surface area contributed by atoms with Crippen LogP contribution in [-0.4, -0.2) is 12.5 Å². The number of para-hydroxylation sites is 1. The number of aromatic carboxylic acids is 1. The molecule has 3 nitrogen and oxygen atoms in total. The van der Waals surface area contributed by atoms with Crippen molar-refractivity contribution < 1.29 is 39.5 Å². The molecule has 0 saturated heterocycles. The summed E-state index contributed by atoms with van der Waals surface area (Å²) in [4.78, 5) is 10.5. The van der Waals surface area contributed by atoms with Gasteiger partial charge in [0.05, 0.1) is 5.97 Å². The molecule has 19 heavy (non-hydrogen) atoms. The van der Waals surface area contributed by atoms with Crippen LogP contribution in [-0.2, 0) is 0 Å². The van der Waals surface area contributed by atoms with Crippen molar-refractivity contribution in [2.75, 3.05) is 11.9 Å². The van der Waals surface area contributed by atoms with Gasteiger partial charge in [-0.1, -0.05) is 42.5 Å². The van der Waals surface area contributed by atoms with Crippen molar-refractivity contribution >= 4 is 11.7 Å². The van der Waals surface area contributed by atoms with Gasteiger partial charge in [-0.05, 0) is 24.1 Å². The third-order valence-corrected chi connectivity index (χ3v) is 2.73. The summed E-state index contributed by atoms with van der Waals surface area (Å²) < 4.78 is 0. The minimum atomic E-state index is -1.15. The second-order valence-electron chi connectivity index (χ2n) is 3.94. The summed E-state index contributed by atoms with van der Waals surface area (Å²) >= 11 is 0. The summed E-state index contributed by atoms with van der Waals surface area (Å²) in [5.41, 5.74) is 3.67. The summed E-state index contributed by atoms with van der Waals surface area (Å²) in [7, 11) is 0. The normalized spacial score (nSPS) is 9.53. The molecule has 0 radical (unpaired) electrons. The number of carboxylic acid groups (broad SMARTS) is 1. The van der Waals surface area contributed by atoms with E-state index in [1.807, 2.05) is 6.92 Å². The van der Waals surface area contributed by atoms with Gasteiger partial charge in [-0.25, -0.2) is 0 Å². The van der Waals surface area contributed by atoms with Crippen LogP contribution in [0.4, 0.5) is 5.69 Å². The Bertz CT molecular complexity index is 531. The molecule has 0 aromatic heterocycles. The summed E-state index contributed by atoms with van der Waals surface area (Å²) in [5.74, 6) is -1.15. The first-order chi connectivity index (χ1) is 8.72. The second-order valence-corrected chi connectivity index (χ2v) is 3.94. The number of nitrogens with one attached hydrogen (secondary N) is 1. The van der Waals surface area contributed by atoms with Gasteiger partial charge in [0.1, 0.15) is 0 Å². The van der Waals surface area contributed by atoms with Crippen molar-refractivity contribution in [3.63, 3.8) is 0 Å². The first-order valence-corrected chi connectivity index (χ1v) is 5.87. The van der Waals surface area contributed by atoms with Crippen molar-refractivity contribution in [2.45, 2.75) is 6.92 Å². The summed E-state index contributed by atoms with van der Waals surface area (Å²) in [6.45, 7) is 2.61. The van der Waals surface area contributed by atoms with Crippen LogP contribution in [0.1, 0.15) is 17.3 Å². The molecule has 0 atom stereocenters. The quantitative estimate of drug-likeness (QED) is 0.627. The van der Waals surface area contributed by atoms with Crippen LogP contribution in [0.3, 0.4) is 0 Å². The number of hydrogen-bond acceptors (Lipinski definition) is 3. The van der Waals surface area contributed by atoms with Gasteiger partial charge in [0.25, 0.3) is 0 Å². The molecule has 1 N–H and O–H groups in total. The zero-order valence-electron chi connectivity index (χ0n) is 11.1. The fraction of sp³-hybridized carbons (Fsp3) is 0.133. The topological polar surface area (TPSA) is 52.2 Å². The predicted octanol–water partition coefficient (Wildman–Crippen LogP) is -0.847. The molecule has 0 amide bonds. The summed E-state index contributed by atoms with van der Waals surface area (Å²) in [6, 6.07) is 15.2. The Morgan fingerprint density at radius 2 is 1.58 bits per heavy atom. The van der Waals surface area contributed by atoms with Gasteiger partial charge in [0.2, 0.25) is 0 Å². The molecule has 2 aliphatic rings. The molecule has 0 fully saturated rings. The molecule has 0 spiro atoms. The van der Waals surface area contributed by atoms with Gasteiger partial charge in [-0.3, -0.25) is 0 Å². The standard InChI is InChI=1S/C9H11NO2.C6H4.Na/c1-2-10-8-6-4-3-5-7(8)9(11)12;1-2-6-4-3-5(1)6;/h3-6,10H,2H2,1H3,(H,11,12);1-4H;/q;;+1/p-1. The van der Waals surface area contributed by atoms with Crippen molar-refractivity contribution in [1.82, 2.24) is 0 Å². The van der Waals surface area contributed by atoms with E-state index >= 15 is 0 Å². The molecular formula is C15H14NNaO2. The van der Waals surface area contributed by atoms with Gasteiger partial charge in [-0.2, -0.15) is 0 Å². The smallest absolute Gasteiger partial charge is 0.545 e. The van der Waals surface area contributed by atoms with E-state index in [0.717, 1.165) is 0 Å². The molecule has 1 aromatic rings. The van der Waals surface area contributed by atoms with Crippen LogP contribution >= 0.6 is 0 Å². The molecule has 0 heterocycles. The van der Waals surface area contributed by atoms with E-state index in [-0.39, 0.29) is 35.1 Å². The molecule has 4 heteroatoms. The van der Waals surface area contributed by atoms with Crippen LogP contribution in [0.5, 0.6) is 0 Å². The maximum absolute atomic E-state index is 10.5. The zero-order chi connectivity index (χ0) is 13.0. The summed E-state index contributed by atoms with van der Waals surface area (Å²) in [5, 5.41) is 13.5. The average Bonchev–Trinajstić information content (AvgIpc) is 2.35. The molecule has 2 aliphatic carbocycles. The number of benzene rings is 2. The van der Waals surface area contributed by atoms with Crippen molar-refractivity contribution in [1.29, 1.82) is 0 Å². The fourth-order valence-electron chi connectivity index (χ4n) is 1.67. The van der Waals surface area contributed by atoms with Crippen LogP contribution in [0, 0.1) is 0 Å². The van der Waals surface area contributed by atoms with E-state index < -0.39 is 5.97 Å². The maximum atomic E-state index is 10.5. The van der Waals surface area contributed by atoms with Crippen LogP contribution in [0.2, 0.25) is 0 Å². The number of carbonyl (C=O) groups excluding carboxylic acids is 1. The number of anilines is 1. The Balaban J connectivity index is 0.000000214. The molecule has 0 aliphatic heterocycles. The predicted molar refractivity (Wildman–Crippen MR) is 70.4 cm³/mol. The van der Waals surface area contributed by atoms with Gasteiger partial charge in [-0.15, -0.1) is 0 Å². The van der Waals surface area contributed by atoms with Crippen LogP contribution < -0.4 is 40.0 Å². The number of rotatable bonds is 3. The molecule has 3 rings (SSSR count). The van der Waals surface area contributed by atoms with Crippen LogP contribution in [0.15, 0.2) is 48.5 Å². The SMILES string of the molecule is CCNc1ccccc1C(=O)[O-].[Na+].c1cc2ccc1-2. The molecular weight excluding hydrogens is 249 g/mol. The first kappa shape index (κ1) is 15.8. The van der Waals surface area contributed by atoms with E-state index in [2.05, 4.69) is 29.6 Å². The molecule has 0 bridgehead atoms. The largest absolute Gasteiger partial charge is 1.00 e. The van der Waals surface area contributed by atoms with Gasteiger partial charge < -0.3 is 15.2 Å². The fourth-order valence-corrected chi connectivity index (χ4v) is 1.67. The molecule has 0 unspecified atom stereocenters. The van der Waals surface area contributed by atoms with Crippen molar-refractivity contribution in [2.24, 2.45) is 0 Å². The molecule has 92 valence electrons. The van der Waals surface area contributed by atoms with E-state index in [0.29, 0.717) is 12.2 Å². The number of carbonyl (C=O) groups is 1. The number of carboxylic acids is 1. The van der Waals surface area contributed by atoms with Crippen LogP contribution in [0.25, 0.3) is 11.1 Å². The monoisotopic (exact) mass is 263 g/mol. The van der Waals surface area contributed by atoms with Crippen molar-refractivity contribution in [3.05, 3.63) is 54.1 Å². The summed E-state index contributed by atoms with van der Waals surface area (Å²) in [6.07, 6.45) is 0. The van der Waals surface area contributed by atoms with E-state index in [4.69, 9.17) is 0 Å². The van der Waals surface area contributed by atoms with Gasteiger partial charge in [0.15, 0.2) is 0 Å². The first-order valence-electron chi connectivity index (χ1n) is 5.87. The van der Waals surface area contributed by atoms with E-state index in [1.54, 1.807) is 18.2 Å². The Hall–Kier alpha value is -1.29. The Labute approximate surface area is 135 Å². The zero-order valence-corrected chi connectivity index (χ0v) is 13.1. The third kappa shape index (κ3) is 3.83. The third-order valence-electron chi connectivity index (χ3n) is 2.73. The number of fused-ring (bicyclic) bond motifs is 1. The Kier molecular flexibility index (Phi) is 6.09. The molecule has 0 saturated carbocycles.